The highest BCUT2D eigenvalue weighted by Crippen LogP contribution is 2.33. The van der Waals surface area contributed by atoms with E-state index < -0.39 is 124 Å². The second-order valence-electron chi connectivity index (χ2n) is 28.8. The summed E-state index contributed by atoms with van der Waals surface area (Å²) >= 11 is 0. The second-order valence-corrected chi connectivity index (χ2v) is 28.8. The van der Waals surface area contributed by atoms with Crippen LogP contribution in [-0.4, -0.2) is 193 Å². The summed E-state index contributed by atoms with van der Waals surface area (Å²) in [7, 11) is 0. The summed E-state index contributed by atoms with van der Waals surface area (Å²) in [6.07, 6.45) is 64.7. The van der Waals surface area contributed by atoms with E-state index >= 15 is 0 Å². The summed E-state index contributed by atoms with van der Waals surface area (Å²) in [5, 5.41) is 121. The Labute approximate surface area is 633 Å². The van der Waals surface area contributed by atoms with Crippen molar-refractivity contribution >= 4 is 5.91 Å². The van der Waals surface area contributed by atoms with Crippen LogP contribution in [0.5, 0.6) is 0 Å². The first-order chi connectivity index (χ1) is 51.3. The molecule has 604 valence electrons. The lowest BCUT2D eigenvalue weighted by molar-refractivity contribution is -0.379. The van der Waals surface area contributed by atoms with E-state index in [1.165, 1.54) is 148 Å². The van der Waals surface area contributed by atoms with Gasteiger partial charge in [0.1, 0.15) is 73.2 Å². The molecule has 17 atom stereocenters. The van der Waals surface area contributed by atoms with Crippen LogP contribution in [0.4, 0.5) is 0 Å². The molecule has 0 aliphatic carbocycles. The van der Waals surface area contributed by atoms with E-state index in [4.69, 9.17) is 28.4 Å². The number of allylic oxidation sites excluding steroid dienone is 19. The van der Waals surface area contributed by atoms with Gasteiger partial charge in [0.2, 0.25) is 5.91 Å². The van der Waals surface area contributed by atoms with Crippen molar-refractivity contribution < 1.29 is 89.4 Å². The monoisotopic (exact) mass is 1480 g/mol. The Morgan fingerprint density at radius 3 is 1.07 bits per heavy atom. The Morgan fingerprint density at radius 2 is 0.667 bits per heavy atom. The smallest absolute Gasteiger partial charge is 0.220 e. The van der Waals surface area contributed by atoms with Crippen molar-refractivity contribution in [2.24, 2.45) is 0 Å². The number of carbonyl (C=O) groups is 1. The first-order valence-corrected chi connectivity index (χ1v) is 41.3. The molecule has 12 N–H and O–H groups in total. The van der Waals surface area contributed by atoms with Gasteiger partial charge in [-0.25, -0.2) is 0 Å². The summed E-state index contributed by atoms with van der Waals surface area (Å²) < 4.78 is 34.4. The topological polar surface area (TPSA) is 307 Å². The van der Waals surface area contributed by atoms with Crippen molar-refractivity contribution in [1.82, 2.24) is 5.32 Å². The van der Waals surface area contributed by atoms with E-state index in [9.17, 15) is 61.0 Å². The van der Waals surface area contributed by atoms with Gasteiger partial charge in [0.05, 0.1) is 38.6 Å². The number of nitrogens with one attached hydrogen (secondary N) is 1. The van der Waals surface area contributed by atoms with Gasteiger partial charge in [0.25, 0.3) is 0 Å². The molecular formula is C86H147NO18. The number of hydrogen-bond donors (Lipinski definition) is 12. The van der Waals surface area contributed by atoms with Gasteiger partial charge in [-0.2, -0.15) is 0 Å². The SMILES string of the molecule is CC/C=C\C/C=C\C/C=C\C/C=C\C/C=C\C/C=C\C/C=C\C/C=C\CCCCCCCCCCCCCCC(=O)NC(COC1OC(CO)C(OC2OC(CO)C(OC3OC(CO)C(O)C(O)C3O)C(O)C2O)C(O)C1O)C(O)/C=C/CC/C=C/CCCCCCCCCCCCCCCCCCC. The molecule has 1 amide bonds. The van der Waals surface area contributed by atoms with Crippen LogP contribution < -0.4 is 5.32 Å². The summed E-state index contributed by atoms with van der Waals surface area (Å²) in [6, 6.07) is -1.00. The molecule has 0 bridgehead atoms. The van der Waals surface area contributed by atoms with E-state index in [0.29, 0.717) is 12.8 Å². The van der Waals surface area contributed by atoms with Gasteiger partial charge in [0.15, 0.2) is 18.9 Å². The van der Waals surface area contributed by atoms with E-state index in [2.05, 4.69) is 129 Å². The second kappa shape index (κ2) is 65.0. The number of hydrogen-bond acceptors (Lipinski definition) is 18. The maximum atomic E-state index is 13.5. The molecule has 3 rings (SSSR count). The van der Waals surface area contributed by atoms with Gasteiger partial charge in [-0.15, -0.1) is 0 Å². The molecule has 3 aliphatic heterocycles. The van der Waals surface area contributed by atoms with Crippen molar-refractivity contribution in [2.75, 3.05) is 26.4 Å². The lowest BCUT2D eigenvalue weighted by Crippen LogP contribution is -2.66. The number of carbonyl (C=O) groups excluding carboxylic acids is 1. The van der Waals surface area contributed by atoms with E-state index in [0.717, 1.165) is 103 Å². The lowest BCUT2D eigenvalue weighted by Gasteiger charge is -2.48. The Morgan fingerprint density at radius 1 is 0.352 bits per heavy atom. The maximum absolute atomic E-state index is 13.5. The van der Waals surface area contributed by atoms with E-state index in [1.54, 1.807) is 6.08 Å². The zero-order valence-electron chi connectivity index (χ0n) is 64.7. The van der Waals surface area contributed by atoms with Crippen LogP contribution in [-0.2, 0) is 33.2 Å². The van der Waals surface area contributed by atoms with Crippen LogP contribution >= 0.6 is 0 Å². The highest BCUT2D eigenvalue weighted by atomic mass is 16.8. The van der Waals surface area contributed by atoms with Crippen LogP contribution in [0.3, 0.4) is 0 Å². The molecule has 19 heteroatoms. The average molecular weight is 1480 g/mol. The van der Waals surface area contributed by atoms with E-state index in [1.807, 2.05) is 6.08 Å². The fraction of sp³-hybridized carbons (Fsp3) is 0.756. The molecule has 3 aliphatic rings. The highest BCUT2D eigenvalue weighted by Gasteiger charge is 2.54. The maximum Gasteiger partial charge on any atom is 0.220 e. The van der Waals surface area contributed by atoms with Crippen molar-refractivity contribution in [3.8, 4) is 0 Å². The van der Waals surface area contributed by atoms with Gasteiger partial charge < -0.3 is 89.9 Å². The molecule has 0 aromatic heterocycles. The number of aliphatic hydroxyl groups is 11. The third-order valence-electron chi connectivity index (χ3n) is 19.7. The Balaban J connectivity index is 1.36. The first-order valence-electron chi connectivity index (χ1n) is 41.3. The molecular weight excluding hydrogens is 1330 g/mol. The minimum Gasteiger partial charge on any atom is -0.394 e. The Kier molecular flexibility index (Phi) is 59.0. The predicted octanol–water partition coefficient (Wildman–Crippen LogP) is 14.3. The predicted molar refractivity (Wildman–Crippen MR) is 420 cm³/mol. The fourth-order valence-corrected chi connectivity index (χ4v) is 13.2. The lowest BCUT2D eigenvalue weighted by atomic mass is 9.96. The van der Waals surface area contributed by atoms with E-state index in [-0.39, 0.29) is 18.9 Å². The summed E-state index contributed by atoms with van der Waals surface area (Å²) in [5.74, 6) is -0.290. The van der Waals surface area contributed by atoms with Gasteiger partial charge in [0, 0.05) is 6.42 Å². The number of ether oxygens (including phenoxy) is 6. The van der Waals surface area contributed by atoms with Crippen LogP contribution in [0.25, 0.3) is 0 Å². The van der Waals surface area contributed by atoms with Gasteiger partial charge in [-0.3, -0.25) is 4.79 Å². The molecule has 19 nitrogen and oxygen atoms in total. The van der Waals surface area contributed by atoms with Gasteiger partial charge in [-0.05, 0) is 96.3 Å². The van der Waals surface area contributed by atoms with Crippen molar-refractivity contribution in [1.29, 1.82) is 0 Å². The summed E-state index contributed by atoms with van der Waals surface area (Å²) in [4.78, 5) is 13.5. The van der Waals surface area contributed by atoms with Crippen molar-refractivity contribution in [3.05, 3.63) is 122 Å². The largest absolute Gasteiger partial charge is 0.394 e. The molecule has 0 aromatic rings. The Hall–Kier alpha value is -3.81. The molecule has 3 fully saturated rings. The number of aliphatic hydroxyl groups excluding tert-OH is 11. The summed E-state index contributed by atoms with van der Waals surface area (Å²) in [6.45, 7) is 1.62. The minimum absolute atomic E-state index is 0.226. The quantitative estimate of drug-likeness (QED) is 0.0199. The number of unbranched alkanes of at least 4 members (excludes halogenated alkanes) is 30. The normalized spacial score (nSPS) is 26.4. The molecule has 3 saturated heterocycles. The molecule has 0 spiro atoms. The molecule has 105 heavy (non-hydrogen) atoms. The van der Waals surface area contributed by atoms with Crippen LogP contribution in [0, 0.1) is 0 Å². The zero-order valence-corrected chi connectivity index (χ0v) is 64.7. The first kappa shape index (κ1) is 95.4. The van der Waals surface area contributed by atoms with Crippen LogP contribution in [0.15, 0.2) is 122 Å². The van der Waals surface area contributed by atoms with Gasteiger partial charge in [-0.1, -0.05) is 302 Å². The van der Waals surface area contributed by atoms with Crippen LogP contribution in [0.1, 0.15) is 284 Å². The number of rotatable bonds is 64. The molecule has 0 saturated carbocycles. The van der Waals surface area contributed by atoms with Crippen LogP contribution in [0.2, 0.25) is 0 Å². The molecule has 0 radical (unpaired) electrons. The standard InChI is InChI=1S/C86H147NO18/c1-3-5-7-9-11-13-15-17-19-21-23-25-27-28-29-30-31-32-33-34-35-36-37-38-39-40-42-44-46-48-50-52-54-56-58-60-62-64-74(92)87-69(70(91)63-61-59-57-55-53-51-49-47-45-43-41-26-24-22-20-18-16-14-12-10-8-6-4-2)68-100-84-80(98)77(95)82(72(66-89)102-84)105-86-81(99)78(96)83(73(67-90)103-86)104-85-79(97)76(94)75(93)71(65-88)101-85/h5,7,11,13,17,19,23,25,28-29,31-32,34-35,37-38,53,55,61,63,69-73,75-86,88-91,93-99H,3-4,6,8-10,12,14-16,18,20-22,24,26-27,30,33,36,39-52,54,56-60,62,64-68H2,1-2H3,(H,87,92)/b7-5-,13-11-,19-17-,25-23-,29-28-,32-31-,35-34-,38-37-,55-53+,63-61+. The minimum atomic E-state index is -1.99. The fourth-order valence-electron chi connectivity index (χ4n) is 13.2. The summed E-state index contributed by atoms with van der Waals surface area (Å²) in [5.41, 5.74) is 0. The molecule has 17 unspecified atom stereocenters. The molecule has 3 heterocycles. The third-order valence-corrected chi connectivity index (χ3v) is 19.7. The highest BCUT2D eigenvalue weighted by molar-refractivity contribution is 5.76. The average Bonchev–Trinajstić information content (AvgIpc) is 0.779. The third kappa shape index (κ3) is 44.6. The van der Waals surface area contributed by atoms with Crippen molar-refractivity contribution in [3.63, 3.8) is 0 Å². The molecule has 0 aromatic carbocycles. The Bertz CT molecular complexity index is 2370. The van der Waals surface area contributed by atoms with Crippen molar-refractivity contribution in [2.45, 2.75) is 388 Å². The zero-order chi connectivity index (χ0) is 76.0. The number of amides is 1. The van der Waals surface area contributed by atoms with Gasteiger partial charge >= 0.3 is 0 Å².